The van der Waals surface area contributed by atoms with Gasteiger partial charge in [0, 0.05) is 17.9 Å². The molecule has 1 aliphatic rings. The Kier molecular flexibility index (Phi) is 6.96. The van der Waals surface area contributed by atoms with E-state index in [4.69, 9.17) is 10.5 Å². The Morgan fingerprint density at radius 1 is 1.15 bits per heavy atom. The highest BCUT2D eigenvalue weighted by Gasteiger charge is 2.23. The van der Waals surface area contributed by atoms with Crippen LogP contribution in [-0.2, 0) is 0 Å². The molecule has 1 amide bonds. The van der Waals surface area contributed by atoms with Crippen molar-refractivity contribution in [1.82, 2.24) is 25.1 Å². The van der Waals surface area contributed by atoms with Crippen molar-refractivity contribution in [2.75, 3.05) is 23.0 Å². The molecule has 5 N–H and O–H groups in total. The summed E-state index contributed by atoms with van der Waals surface area (Å²) in [7, 11) is 1.57. The zero-order chi connectivity index (χ0) is 23.2. The van der Waals surface area contributed by atoms with E-state index < -0.39 is 0 Å². The van der Waals surface area contributed by atoms with Crippen LogP contribution in [0.1, 0.15) is 38.6 Å². The minimum absolute atomic E-state index is 0.0314. The van der Waals surface area contributed by atoms with Gasteiger partial charge in [0.2, 0.25) is 13.8 Å². The molecule has 33 heavy (non-hydrogen) atoms. The van der Waals surface area contributed by atoms with E-state index in [1.54, 1.807) is 20.2 Å². The summed E-state index contributed by atoms with van der Waals surface area (Å²) in [6.45, 7) is 2.57. The Morgan fingerprint density at radius 3 is 2.61 bits per heavy atom. The minimum Gasteiger partial charge on any atom is -0.494 e. The summed E-state index contributed by atoms with van der Waals surface area (Å²) < 4.78 is 7.45. The monoisotopic (exact) mass is 448 g/mol. The topological polar surface area (TPSA) is 132 Å². The minimum atomic E-state index is 0.0314. The van der Waals surface area contributed by atoms with E-state index in [1.807, 2.05) is 42.1 Å². The van der Waals surface area contributed by atoms with E-state index >= 15 is 0 Å². The first-order chi connectivity index (χ1) is 16.0. The van der Waals surface area contributed by atoms with E-state index in [9.17, 15) is 4.79 Å². The molecule has 1 saturated carbocycles. The third kappa shape index (κ3) is 5.94. The van der Waals surface area contributed by atoms with Crippen molar-refractivity contribution in [3.8, 4) is 5.75 Å². The second kappa shape index (κ2) is 10.2. The van der Waals surface area contributed by atoms with Crippen molar-refractivity contribution in [3.05, 3.63) is 42.9 Å². The van der Waals surface area contributed by atoms with E-state index in [0.717, 1.165) is 42.8 Å². The number of nitrogens with one attached hydrogen (secondary N) is 3. The number of benzene rings is 1. The molecule has 0 radical (unpaired) electrons. The average Bonchev–Trinajstić information content (AvgIpc) is 3.26. The van der Waals surface area contributed by atoms with Gasteiger partial charge in [-0.15, -0.1) is 0 Å². The second-order valence-corrected chi connectivity index (χ2v) is 8.12. The molecule has 1 fully saturated rings. The lowest BCUT2D eigenvalue weighted by Crippen LogP contribution is -2.37. The number of ether oxygens (including phenoxy) is 1. The van der Waals surface area contributed by atoms with E-state index in [0.29, 0.717) is 30.1 Å². The van der Waals surface area contributed by atoms with Gasteiger partial charge in [-0.1, -0.05) is 0 Å². The van der Waals surface area contributed by atoms with Gasteiger partial charge in [-0.2, -0.15) is 10.1 Å². The molecule has 172 valence electrons. The molecule has 2 heterocycles. The van der Waals surface area contributed by atoms with Gasteiger partial charge in [0.15, 0.2) is 11.6 Å². The maximum absolute atomic E-state index is 11.3. The maximum atomic E-state index is 11.3. The van der Waals surface area contributed by atoms with E-state index in [-0.39, 0.29) is 11.8 Å². The molecular weight excluding hydrogens is 419 g/mol. The molecule has 0 aliphatic heterocycles. The first-order valence-corrected chi connectivity index (χ1v) is 11.2. The van der Waals surface area contributed by atoms with Crippen LogP contribution in [0.4, 0.5) is 33.6 Å². The predicted molar refractivity (Wildman–Crippen MR) is 131 cm³/mol. The average molecular weight is 448 g/mol. The van der Waals surface area contributed by atoms with Crippen LogP contribution in [-0.4, -0.2) is 46.0 Å². The number of nitrogen functional groups attached to an aromatic ring is 1. The Hall–Kier alpha value is -3.76. The van der Waals surface area contributed by atoms with Crippen LogP contribution in [0.3, 0.4) is 0 Å². The van der Waals surface area contributed by atoms with Crippen molar-refractivity contribution >= 4 is 42.5 Å². The zero-order valence-corrected chi connectivity index (χ0v) is 18.9. The summed E-state index contributed by atoms with van der Waals surface area (Å²) in [5.41, 5.74) is 8.16. The Morgan fingerprint density at radius 2 is 1.91 bits per heavy atom. The van der Waals surface area contributed by atoms with Crippen LogP contribution < -0.4 is 26.4 Å². The van der Waals surface area contributed by atoms with Crippen molar-refractivity contribution in [1.29, 1.82) is 0 Å². The van der Waals surface area contributed by atoms with Crippen molar-refractivity contribution in [2.45, 2.75) is 44.7 Å². The first kappa shape index (κ1) is 22.4. The second-order valence-electron chi connectivity index (χ2n) is 8.12. The highest BCUT2D eigenvalue weighted by atomic mass is 16.5. The van der Waals surface area contributed by atoms with E-state index in [1.165, 1.54) is 0 Å². The molecule has 0 atom stereocenters. The van der Waals surface area contributed by atoms with Gasteiger partial charge >= 0.3 is 0 Å². The van der Waals surface area contributed by atoms with Gasteiger partial charge in [-0.3, -0.25) is 9.48 Å². The van der Waals surface area contributed by atoms with Gasteiger partial charge < -0.3 is 26.4 Å². The van der Waals surface area contributed by atoms with Gasteiger partial charge in [-0.05, 0) is 56.9 Å². The quantitative estimate of drug-likeness (QED) is 0.387. The number of nitrogens with zero attached hydrogens (tertiary/aromatic N) is 4. The van der Waals surface area contributed by atoms with Crippen LogP contribution in [0.25, 0.3) is 0 Å². The summed E-state index contributed by atoms with van der Waals surface area (Å²) in [6, 6.07) is 8.17. The molecule has 10 nitrogen and oxygen atoms in total. The molecule has 2 aromatic heterocycles. The molecule has 1 aromatic carbocycles. The fourth-order valence-corrected chi connectivity index (χ4v) is 3.99. The summed E-state index contributed by atoms with van der Waals surface area (Å²) >= 11 is 0. The Bertz CT molecular complexity index is 1080. The number of carbonyl (C=O) groups is 1. The number of amides is 1. The number of hydrogen-bond acceptors (Lipinski definition) is 8. The molecular formula is C22H29BN8O2. The lowest BCUT2D eigenvalue weighted by atomic mass is 9.90. The highest BCUT2D eigenvalue weighted by molar-refractivity contribution is 6.57. The Balaban J connectivity index is 1.38. The molecule has 1 aliphatic carbocycles. The normalized spacial score (nSPS) is 17.8. The van der Waals surface area contributed by atoms with Crippen LogP contribution in [0.5, 0.6) is 5.75 Å². The van der Waals surface area contributed by atoms with Crippen LogP contribution in [0.15, 0.2) is 42.9 Å². The summed E-state index contributed by atoms with van der Waals surface area (Å²) in [5, 5.41) is 13.9. The number of anilines is 5. The van der Waals surface area contributed by atoms with Crippen molar-refractivity contribution < 1.29 is 9.53 Å². The molecule has 0 spiro atoms. The van der Waals surface area contributed by atoms with Gasteiger partial charge in [0.05, 0.1) is 36.4 Å². The molecule has 4 rings (SSSR count). The van der Waals surface area contributed by atoms with Crippen LogP contribution >= 0.6 is 0 Å². The number of rotatable bonds is 8. The van der Waals surface area contributed by atoms with Crippen molar-refractivity contribution in [2.24, 2.45) is 0 Å². The molecule has 11 heteroatoms. The van der Waals surface area contributed by atoms with Crippen molar-refractivity contribution in [3.63, 3.8) is 0 Å². The van der Waals surface area contributed by atoms with Gasteiger partial charge in [0.25, 0.3) is 0 Å². The molecule has 0 unspecified atom stereocenters. The highest BCUT2D eigenvalue weighted by Crippen LogP contribution is 2.29. The summed E-state index contributed by atoms with van der Waals surface area (Å²) in [5.74, 6) is 1.78. The van der Waals surface area contributed by atoms with Gasteiger partial charge in [-0.25, -0.2) is 4.98 Å². The number of carbonyl (C=O) groups excluding carboxylic acids is 1. The summed E-state index contributed by atoms with van der Waals surface area (Å²) in [6.07, 6.45) is 9.14. The molecule has 0 bridgehead atoms. The van der Waals surface area contributed by atoms with E-state index in [2.05, 4.69) is 31.0 Å². The fourth-order valence-electron chi connectivity index (χ4n) is 3.99. The largest absolute Gasteiger partial charge is 0.494 e. The number of aromatic nitrogens is 4. The first-order valence-electron chi connectivity index (χ1n) is 11.2. The predicted octanol–water partition coefficient (Wildman–Crippen LogP) is 2.97. The Labute approximate surface area is 193 Å². The van der Waals surface area contributed by atoms with Gasteiger partial charge in [0.1, 0.15) is 5.75 Å². The fraction of sp³-hybridized carbons (Fsp3) is 0.364. The SMILES string of the molecule is BC(=O)NC1CCC(n2cc(Nc3ncc(N)c(Nc4ccc(OCC)cc4)n3)cn2)CC1. The third-order valence-corrected chi connectivity index (χ3v) is 5.58. The lowest BCUT2D eigenvalue weighted by molar-refractivity contribution is 0.243. The number of nitrogens with two attached hydrogens (primary N) is 1. The third-order valence-electron chi connectivity index (χ3n) is 5.58. The smallest absolute Gasteiger partial charge is 0.229 e. The molecule has 3 aromatic rings. The maximum Gasteiger partial charge on any atom is 0.229 e. The molecule has 0 saturated heterocycles. The standard InChI is InChI=1S/C22H29BN8O2/c1-2-33-18-9-5-14(6-10-18)27-20-19(24)12-25-22(30-20)29-16-11-26-31(13-16)17-7-3-15(4-8-17)28-21(23)32/h5-6,9-13,15,17H,2-4,7-8,23-24H2,1H3,(H,28,32)(H2,25,27,29,30). The number of hydrogen-bond donors (Lipinski definition) is 4. The summed E-state index contributed by atoms with van der Waals surface area (Å²) in [4.78, 5) is 20.1. The van der Waals surface area contributed by atoms with Crippen LogP contribution in [0.2, 0.25) is 0 Å². The van der Waals surface area contributed by atoms with Crippen LogP contribution in [0, 0.1) is 0 Å². The lowest BCUT2D eigenvalue weighted by Gasteiger charge is -2.29. The zero-order valence-electron chi connectivity index (χ0n) is 18.9.